The van der Waals surface area contributed by atoms with Crippen LogP contribution in [0.2, 0.25) is 0 Å². The maximum atomic E-state index is 12.3. The maximum absolute atomic E-state index is 12.3. The molecular formula is C19H23NO4. The lowest BCUT2D eigenvalue weighted by Crippen LogP contribution is -2.34. The summed E-state index contributed by atoms with van der Waals surface area (Å²) in [4.78, 5) is 37.4. The summed E-state index contributed by atoms with van der Waals surface area (Å²) in [7, 11) is 0. The number of carboxylic acid groups (broad SMARTS) is 1. The number of aryl methyl sites for hydroxylation is 2. The third-order valence-electron chi connectivity index (χ3n) is 5.33. The van der Waals surface area contributed by atoms with Crippen LogP contribution >= 0.6 is 0 Å². The third-order valence-corrected chi connectivity index (χ3v) is 5.33. The average Bonchev–Trinajstić information content (AvgIpc) is 3.18. The van der Waals surface area contributed by atoms with E-state index in [1.165, 1.54) is 11.1 Å². The molecule has 1 aromatic rings. The van der Waals surface area contributed by atoms with Gasteiger partial charge in [-0.2, -0.15) is 0 Å². The SMILES string of the molecule is CC1(C(=O)O)CCN(C(=O)CCC(=O)c2ccc3c(c2)CCC3)C1. The Hall–Kier alpha value is -2.17. The van der Waals surface area contributed by atoms with Gasteiger partial charge in [-0.3, -0.25) is 14.4 Å². The highest BCUT2D eigenvalue weighted by molar-refractivity contribution is 5.98. The standard InChI is InChI=1S/C19H23NO4/c1-19(18(23)24)9-10-20(12-19)17(22)8-7-16(21)15-6-5-13-3-2-4-14(13)11-15/h5-6,11H,2-4,7-10,12H2,1H3,(H,23,24). The van der Waals surface area contributed by atoms with Crippen LogP contribution in [0.1, 0.15) is 54.1 Å². The van der Waals surface area contributed by atoms with Crippen molar-refractivity contribution in [2.24, 2.45) is 5.41 Å². The summed E-state index contributed by atoms with van der Waals surface area (Å²) in [5.41, 5.74) is 2.40. The Morgan fingerprint density at radius 1 is 1.17 bits per heavy atom. The number of amides is 1. The summed E-state index contributed by atoms with van der Waals surface area (Å²) in [6.45, 7) is 2.35. The zero-order valence-corrected chi connectivity index (χ0v) is 14.0. The van der Waals surface area contributed by atoms with Crippen LogP contribution in [0.15, 0.2) is 18.2 Å². The second-order valence-electron chi connectivity index (χ2n) is 7.19. The molecule has 1 amide bonds. The molecule has 0 spiro atoms. The lowest BCUT2D eigenvalue weighted by Gasteiger charge is -2.20. The molecule has 1 heterocycles. The van der Waals surface area contributed by atoms with Crippen molar-refractivity contribution in [1.29, 1.82) is 0 Å². The van der Waals surface area contributed by atoms with E-state index in [9.17, 15) is 19.5 Å². The van der Waals surface area contributed by atoms with Gasteiger partial charge in [0.2, 0.25) is 5.91 Å². The number of aliphatic carboxylic acids is 1. The summed E-state index contributed by atoms with van der Waals surface area (Å²) in [5.74, 6) is -1.01. The molecule has 5 nitrogen and oxygen atoms in total. The van der Waals surface area contributed by atoms with E-state index in [4.69, 9.17) is 0 Å². The van der Waals surface area contributed by atoms with E-state index >= 15 is 0 Å². The Morgan fingerprint density at radius 2 is 1.92 bits per heavy atom. The van der Waals surface area contributed by atoms with Gasteiger partial charge >= 0.3 is 5.97 Å². The summed E-state index contributed by atoms with van der Waals surface area (Å²) in [5, 5.41) is 9.22. The number of nitrogens with zero attached hydrogens (tertiary/aromatic N) is 1. The minimum absolute atomic E-state index is 0.0155. The zero-order chi connectivity index (χ0) is 17.3. The van der Waals surface area contributed by atoms with Crippen LogP contribution in [-0.4, -0.2) is 40.8 Å². The average molecular weight is 329 g/mol. The van der Waals surface area contributed by atoms with E-state index in [0.717, 1.165) is 19.3 Å². The van der Waals surface area contributed by atoms with Crippen molar-refractivity contribution in [3.63, 3.8) is 0 Å². The lowest BCUT2D eigenvalue weighted by molar-refractivity contribution is -0.147. The summed E-state index contributed by atoms with van der Waals surface area (Å²) in [6, 6.07) is 5.84. The first-order valence-corrected chi connectivity index (χ1v) is 8.55. The van der Waals surface area contributed by atoms with Gasteiger partial charge in [0.05, 0.1) is 5.41 Å². The Kier molecular flexibility index (Phi) is 4.43. The molecule has 2 aliphatic rings. The van der Waals surface area contributed by atoms with E-state index in [1.807, 2.05) is 18.2 Å². The molecule has 1 unspecified atom stereocenters. The molecular weight excluding hydrogens is 306 g/mol. The van der Waals surface area contributed by atoms with Crippen molar-refractivity contribution in [2.45, 2.75) is 45.4 Å². The molecule has 1 fully saturated rings. The first kappa shape index (κ1) is 16.7. The molecule has 0 saturated carbocycles. The van der Waals surface area contributed by atoms with Crippen LogP contribution in [0.25, 0.3) is 0 Å². The van der Waals surface area contributed by atoms with Gasteiger partial charge in [0.25, 0.3) is 0 Å². The van der Waals surface area contributed by atoms with Gasteiger partial charge in [0.15, 0.2) is 5.78 Å². The lowest BCUT2D eigenvalue weighted by atomic mass is 9.90. The Morgan fingerprint density at radius 3 is 2.62 bits per heavy atom. The number of carboxylic acids is 1. The zero-order valence-electron chi connectivity index (χ0n) is 14.0. The number of benzene rings is 1. The highest BCUT2D eigenvalue weighted by atomic mass is 16.4. The molecule has 1 aliphatic carbocycles. The van der Waals surface area contributed by atoms with Gasteiger partial charge < -0.3 is 10.0 Å². The number of rotatable bonds is 5. The number of likely N-dealkylation sites (tertiary alicyclic amines) is 1. The fourth-order valence-electron chi connectivity index (χ4n) is 3.62. The molecule has 1 aromatic carbocycles. The first-order valence-electron chi connectivity index (χ1n) is 8.55. The van der Waals surface area contributed by atoms with Gasteiger partial charge in [-0.25, -0.2) is 0 Å². The molecule has 3 rings (SSSR count). The number of carbonyl (C=O) groups excluding carboxylic acids is 2. The van der Waals surface area contributed by atoms with Gasteiger partial charge in [0.1, 0.15) is 0 Å². The van der Waals surface area contributed by atoms with Crippen molar-refractivity contribution in [3.8, 4) is 0 Å². The van der Waals surface area contributed by atoms with Crippen LogP contribution in [0.5, 0.6) is 0 Å². The highest BCUT2D eigenvalue weighted by Gasteiger charge is 2.41. The minimum Gasteiger partial charge on any atom is -0.481 e. The van der Waals surface area contributed by atoms with Crippen LogP contribution < -0.4 is 0 Å². The second-order valence-corrected chi connectivity index (χ2v) is 7.19. The summed E-state index contributed by atoms with van der Waals surface area (Å²) >= 11 is 0. The van der Waals surface area contributed by atoms with E-state index in [1.54, 1.807) is 11.8 Å². The number of Topliss-reactive ketones (excluding diaryl/α,β-unsaturated/α-hetero) is 1. The number of hydrogen-bond acceptors (Lipinski definition) is 3. The number of hydrogen-bond donors (Lipinski definition) is 1. The fourth-order valence-corrected chi connectivity index (χ4v) is 3.62. The van der Waals surface area contributed by atoms with Crippen LogP contribution in [0, 0.1) is 5.41 Å². The van der Waals surface area contributed by atoms with Crippen molar-refractivity contribution in [2.75, 3.05) is 13.1 Å². The topological polar surface area (TPSA) is 74.7 Å². The molecule has 5 heteroatoms. The fraction of sp³-hybridized carbons (Fsp3) is 0.526. The molecule has 1 N–H and O–H groups in total. The van der Waals surface area contributed by atoms with E-state index in [2.05, 4.69) is 0 Å². The number of fused-ring (bicyclic) bond motifs is 1. The van der Waals surface area contributed by atoms with Crippen LogP contribution in [0.4, 0.5) is 0 Å². The maximum Gasteiger partial charge on any atom is 0.311 e. The molecule has 0 radical (unpaired) electrons. The molecule has 24 heavy (non-hydrogen) atoms. The quantitative estimate of drug-likeness (QED) is 0.842. The molecule has 1 saturated heterocycles. The van der Waals surface area contributed by atoms with Crippen molar-refractivity contribution in [3.05, 3.63) is 34.9 Å². The van der Waals surface area contributed by atoms with E-state index in [0.29, 0.717) is 18.5 Å². The Bertz CT molecular complexity index is 697. The van der Waals surface area contributed by atoms with Gasteiger partial charge in [-0.15, -0.1) is 0 Å². The van der Waals surface area contributed by atoms with Crippen molar-refractivity contribution >= 4 is 17.7 Å². The Labute approximate surface area is 141 Å². The summed E-state index contributed by atoms with van der Waals surface area (Å²) in [6.07, 6.45) is 4.04. The smallest absolute Gasteiger partial charge is 0.311 e. The Balaban J connectivity index is 1.55. The number of ketones is 1. The molecule has 0 bridgehead atoms. The minimum atomic E-state index is -0.869. The molecule has 1 atom stereocenters. The largest absolute Gasteiger partial charge is 0.481 e. The molecule has 1 aliphatic heterocycles. The van der Waals surface area contributed by atoms with Crippen molar-refractivity contribution in [1.82, 2.24) is 4.90 Å². The highest BCUT2D eigenvalue weighted by Crippen LogP contribution is 2.30. The van der Waals surface area contributed by atoms with Gasteiger partial charge in [0, 0.05) is 31.5 Å². The monoisotopic (exact) mass is 329 g/mol. The third kappa shape index (κ3) is 3.21. The van der Waals surface area contributed by atoms with Crippen LogP contribution in [-0.2, 0) is 22.4 Å². The van der Waals surface area contributed by atoms with E-state index in [-0.39, 0.29) is 31.1 Å². The van der Waals surface area contributed by atoms with Crippen molar-refractivity contribution < 1.29 is 19.5 Å². The predicted octanol–water partition coefficient (Wildman–Crippen LogP) is 2.46. The van der Waals surface area contributed by atoms with Gasteiger partial charge in [-0.1, -0.05) is 12.1 Å². The van der Waals surface area contributed by atoms with E-state index < -0.39 is 11.4 Å². The first-order chi connectivity index (χ1) is 11.4. The molecule has 128 valence electrons. The summed E-state index contributed by atoms with van der Waals surface area (Å²) < 4.78 is 0. The number of carbonyl (C=O) groups is 3. The van der Waals surface area contributed by atoms with Gasteiger partial charge in [-0.05, 0) is 49.8 Å². The predicted molar refractivity (Wildman–Crippen MR) is 89.0 cm³/mol. The second kappa shape index (κ2) is 6.38. The van der Waals surface area contributed by atoms with Crippen LogP contribution in [0.3, 0.4) is 0 Å². The normalized spacial score (nSPS) is 22.5. The molecule has 0 aromatic heterocycles.